The van der Waals surface area contributed by atoms with Crippen LogP contribution in [0.1, 0.15) is 11.1 Å². The summed E-state index contributed by atoms with van der Waals surface area (Å²) < 4.78 is 13.4. The van der Waals surface area contributed by atoms with Crippen LogP contribution in [-0.2, 0) is 13.1 Å². The van der Waals surface area contributed by atoms with E-state index >= 15 is 0 Å². The molecule has 0 saturated heterocycles. The van der Waals surface area contributed by atoms with Gasteiger partial charge in [0.25, 0.3) is 5.69 Å². The molecule has 0 aliphatic rings. The summed E-state index contributed by atoms with van der Waals surface area (Å²) in [4.78, 5) is 12.6. The first-order chi connectivity index (χ1) is 10.6. The van der Waals surface area contributed by atoms with Gasteiger partial charge in [0.15, 0.2) is 0 Å². The Morgan fingerprint density at radius 3 is 2.50 bits per heavy atom. The van der Waals surface area contributed by atoms with Gasteiger partial charge >= 0.3 is 0 Å². The molecule has 0 saturated carbocycles. The third kappa shape index (κ3) is 4.34. The van der Waals surface area contributed by atoms with Gasteiger partial charge in [-0.25, -0.2) is 4.39 Å². The van der Waals surface area contributed by atoms with Crippen molar-refractivity contribution in [1.29, 1.82) is 0 Å². The number of hydrogen-bond donors (Lipinski definition) is 1. The van der Waals surface area contributed by atoms with E-state index in [1.807, 2.05) is 35.2 Å². The lowest BCUT2D eigenvalue weighted by molar-refractivity contribution is -0.385. The van der Waals surface area contributed by atoms with E-state index in [0.29, 0.717) is 25.2 Å². The van der Waals surface area contributed by atoms with Crippen molar-refractivity contribution in [2.75, 3.05) is 13.1 Å². The van der Waals surface area contributed by atoms with Gasteiger partial charge in [0, 0.05) is 37.8 Å². The molecule has 0 aromatic heterocycles. The van der Waals surface area contributed by atoms with E-state index in [2.05, 4.69) is 0 Å². The zero-order valence-corrected chi connectivity index (χ0v) is 12.1. The summed E-state index contributed by atoms with van der Waals surface area (Å²) in [6, 6.07) is 13.3. The maximum atomic E-state index is 13.4. The van der Waals surface area contributed by atoms with Crippen molar-refractivity contribution in [3.8, 4) is 0 Å². The molecule has 2 aromatic rings. The van der Waals surface area contributed by atoms with Crippen molar-refractivity contribution < 1.29 is 9.31 Å². The van der Waals surface area contributed by atoms with E-state index in [9.17, 15) is 14.5 Å². The quantitative estimate of drug-likeness (QED) is 0.630. The lowest BCUT2D eigenvalue weighted by atomic mass is 10.1. The fourth-order valence-corrected chi connectivity index (χ4v) is 2.34. The van der Waals surface area contributed by atoms with E-state index < -0.39 is 10.7 Å². The SMILES string of the molecule is NCCN(Cc1ccccc1)Cc1cc(F)ccc1[N+](=O)[O-]. The number of benzene rings is 2. The second kappa shape index (κ2) is 7.63. The van der Waals surface area contributed by atoms with Gasteiger partial charge in [-0.15, -0.1) is 0 Å². The smallest absolute Gasteiger partial charge is 0.274 e. The van der Waals surface area contributed by atoms with E-state index in [4.69, 9.17) is 5.73 Å². The van der Waals surface area contributed by atoms with Crippen LogP contribution in [0.2, 0.25) is 0 Å². The molecular weight excluding hydrogens is 285 g/mol. The largest absolute Gasteiger partial charge is 0.329 e. The zero-order valence-electron chi connectivity index (χ0n) is 12.1. The zero-order chi connectivity index (χ0) is 15.9. The number of nitrogens with zero attached hydrogens (tertiary/aromatic N) is 2. The Hall–Kier alpha value is -2.31. The standard InChI is InChI=1S/C16H18FN3O2/c17-15-6-7-16(20(21)22)14(10-15)12-19(9-8-18)11-13-4-2-1-3-5-13/h1-7,10H,8-9,11-12,18H2. The summed E-state index contributed by atoms with van der Waals surface area (Å²) in [5, 5.41) is 11.1. The Morgan fingerprint density at radius 2 is 1.86 bits per heavy atom. The number of rotatable bonds is 7. The topological polar surface area (TPSA) is 72.4 Å². The van der Waals surface area contributed by atoms with Gasteiger partial charge in [0.2, 0.25) is 0 Å². The molecule has 0 spiro atoms. The van der Waals surface area contributed by atoms with Gasteiger partial charge in [-0.1, -0.05) is 30.3 Å². The minimum absolute atomic E-state index is 0.0727. The normalized spacial score (nSPS) is 10.9. The van der Waals surface area contributed by atoms with Crippen LogP contribution < -0.4 is 5.73 Å². The monoisotopic (exact) mass is 303 g/mol. The van der Waals surface area contributed by atoms with Gasteiger partial charge in [-0.2, -0.15) is 0 Å². The summed E-state index contributed by atoms with van der Waals surface area (Å²) >= 11 is 0. The molecule has 5 nitrogen and oxygen atoms in total. The number of nitro benzene ring substituents is 1. The molecule has 2 N–H and O–H groups in total. The molecule has 2 aromatic carbocycles. The second-order valence-corrected chi connectivity index (χ2v) is 5.02. The maximum Gasteiger partial charge on any atom is 0.274 e. The Balaban J connectivity index is 2.20. The Kier molecular flexibility index (Phi) is 5.57. The predicted octanol–water partition coefficient (Wildman–Crippen LogP) is 2.69. The molecule has 0 amide bonds. The number of nitrogens with two attached hydrogens (primary N) is 1. The Labute approximate surface area is 128 Å². The molecule has 0 aliphatic heterocycles. The summed E-state index contributed by atoms with van der Waals surface area (Å²) in [5.74, 6) is -0.479. The molecule has 22 heavy (non-hydrogen) atoms. The van der Waals surface area contributed by atoms with Gasteiger partial charge in [0.05, 0.1) is 4.92 Å². The summed E-state index contributed by atoms with van der Waals surface area (Å²) in [5.41, 5.74) is 6.98. The van der Waals surface area contributed by atoms with Crippen molar-refractivity contribution in [3.05, 3.63) is 75.6 Å². The first-order valence-electron chi connectivity index (χ1n) is 6.99. The fraction of sp³-hybridized carbons (Fsp3) is 0.250. The molecule has 0 bridgehead atoms. The van der Waals surface area contributed by atoms with Gasteiger partial charge < -0.3 is 5.73 Å². The first-order valence-corrected chi connectivity index (χ1v) is 6.99. The van der Waals surface area contributed by atoms with Gasteiger partial charge in [-0.05, 0) is 17.7 Å². The van der Waals surface area contributed by atoms with Crippen LogP contribution in [0.25, 0.3) is 0 Å². The molecule has 0 heterocycles. The van der Waals surface area contributed by atoms with Crippen molar-refractivity contribution in [2.24, 2.45) is 5.73 Å². The summed E-state index contributed by atoms with van der Waals surface area (Å²) in [6.45, 7) is 1.88. The van der Waals surface area contributed by atoms with E-state index in [1.165, 1.54) is 12.1 Å². The summed E-state index contributed by atoms with van der Waals surface area (Å²) in [7, 11) is 0. The van der Waals surface area contributed by atoms with E-state index in [1.54, 1.807) is 0 Å². The van der Waals surface area contributed by atoms with Crippen molar-refractivity contribution in [1.82, 2.24) is 4.90 Å². The fourth-order valence-electron chi connectivity index (χ4n) is 2.34. The number of hydrogen-bond acceptors (Lipinski definition) is 4. The average molecular weight is 303 g/mol. The highest BCUT2D eigenvalue weighted by molar-refractivity contribution is 5.40. The predicted molar refractivity (Wildman–Crippen MR) is 82.7 cm³/mol. The van der Waals surface area contributed by atoms with E-state index in [0.717, 1.165) is 11.6 Å². The maximum absolute atomic E-state index is 13.4. The Morgan fingerprint density at radius 1 is 1.14 bits per heavy atom. The first kappa shape index (κ1) is 16.1. The second-order valence-electron chi connectivity index (χ2n) is 5.02. The molecule has 116 valence electrons. The third-order valence-electron chi connectivity index (χ3n) is 3.33. The Bertz CT molecular complexity index is 635. The lowest BCUT2D eigenvalue weighted by Crippen LogP contribution is -2.29. The molecule has 0 fully saturated rings. The number of nitro groups is 1. The highest BCUT2D eigenvalue weighted by Gasteiger charge is 2.17. The third-order valence-corrected chi connectivity index (χ3v) is 3.33. The minimum Gasteiger partial charge on any atom is -0.329 e. The molecular formula is C16H18FN3O2. The van der Waals surface area contributed by atoms with Crippen molar-refractivity contribution in [3.63, 3.8) is 0 Å². The lowest BCUT2D eigenvalue weighted by Gasteiger charge is -2.21. The number of halogens is 1. The molecule has 0 unspecified atom stereocenters. The van der Waals surface area contributed by atoms with Gasteiger partial charge in [0.1, 0.15) is 5.82 Å². The van der Waals surface area contributed by atoms with Crippen LogP contribution in [0.3, 0.4) is 0 Å². The van der Waals surface area contributed by atoms with E-state index in [-0.39, 0.29) is 12.2 Å². The van der Waals surface area contributed by atoms with Gasteiger partial charge in [-0.3, -0.25) is 15.0 Å². The minimum atomic E-state index is -0.488. The highest BCUT2D eigenvalue weighted by atomic mass is 19.1. The van der Waals surface area contributed by atoms with Crippen molar-refractivity contribution >= 4 is 5.69 Å². The van der Waals surface area contributed by atoms with Crippen LogP contribution in [-0.4, -0.2) is 22.9 Å². The molecule has 0 aliphatic carbocycles. The summed E-state index contributed by atoms with van der Waals surface area (Å²) in [6.07, 6.45) is 0. The average Bonchev–Trinajstić information content (AvgIpc) is 2.48. The van der Waals surface area contributed by atoms with Crippen molar-refractivity contribution in [2.45, 2.75) is 13.1 Å². The van der Waals surface area contributed by atoms with Crippen LogP contribution >= 0.6 is 0 Å². The molecule has 2 rings (SSSR count). The van der Waals surface area contributed by atoms with Crippen LogP contribution in [0.5, 0.6) is 0 Å². The molecule has 6 heteroatoms. The van der Waals surface area contributed by atoms with Crippen LogP contribution in [0.4, 0.5) is 10.1 Å². The highest BCUT2D eigenvalue weighted by Crippen LogP contribution is 2.22. The van der Waals surface area contributed by atoms with Crippen LogP contribution in [0.15, 0.2) is 48.5 Å². The van der Waals surface area contributed by atoms with Crippen LogP contribution in [0, 0.1) is 15.9 Å². The molecule has 0 radical (unpaired) electrons. The molecule has 0 atom stereocenters.